The predicted molar refractivity (Wildman–Crippen MR) is 72.4 cm³/mol. The van der Waals surface area contributed by atoms with Crippen LogP contribution in [-0.2, 0) is 6.42 Å². The standard InChI is InChI=1S/C16H18ClFO/c17-11-3-4-12(18)10(6-11)7-13(19)16-14-8-1-2-9(5-8)15(14)16/h3-4,6,8-9,13-16,19H,1-2,5,7H2. The summed E-state index contributed by atoms with van der Waals surface area (Å²) in [7, 11) is 0. The Balaban J connectivity index is 1.48. The van der Waals surface area contributed by atoms with Crippen LogP contribution in [0.15, 0.2) is 18.2 Å². The summed E-state index contributed by atoms with van der Waals surface area (Å²) in [6, 6.07) is 4.59. The highest BCUT2D eigenvalue weighted by Gasteiger charge is 2.66. The van der Waals surface area contributed by atoms with Crippen molar-refractivity contribution < 1.29 is 9.50 Å². The molecule has 5 atom stereocenters. The summed E-state index contributed by atoms with van der Waals surface area (Å²) in [4.78, 5) is 0. The summed E-state index contributed by atoms with van der Waals surface area (Å²) in [6.07, 6.45) is 4.08. The van der Waals surface area contributed by atoms with E-state index in [9.17, 15) is 9.50 Å². The third kappa shape index (κ3) is 1.84. The molecule has 4 rings (SSSR count). The van der Waals surface area contributed by atoms with Crippen LogP contribution in [0.4, 0.5) is 4.39 Å². The van der Waals surface area contributed by atoms with Crippen molar-refractivity contribution in [2.24, 2.45) is 29.6 Å². The highest BCUT2D eigenvalue weighted by Crippen LogP contribution is 2.70. The molecule has 0 amide bonds. The lowest BCUT2D eigenvalue weighted by Gasteiger charge is -2.15. The van der Waals surface area contributed by atoms with Gasteiger partial charge in [0.1, 0.15) is 5.82 Å². The van der Waals surface area contributed by atoms with Gasteiger partial charge in [-0.05, 0) is 72.6 Å². The van der Waals surface area contributed by atoms with Crippen LogP contribution in [0.25, 0.3) is 0 Å². The van der Waals surface area contributed by atoms with Crippen molar-refractivity contribution in [2.45, 2.75) is 31.8 Å². The summed E-state index contributed by atoms with van der Waals surface area (Å²) < 4.78 is 13.7. The van der Waals surface area contributed by atoms with Crippen molar-refractivity contribution in [1.29, 1.82) is 0 Å². The lowest BCUT2D eigenvalue weighted by Crippen LogP contribution is -2.19. The van der Waals surface area contributed by atoms with Crippen LogP contribution >= 0.6 is 11.6 Å². The van der Waals surface area contributed by atoms with Crippen LogP contribution in [-0.4, -0.2) is 11.2 Å². The van der Waals surface area contributed by atoms with Gasteiger partial charge in [0.15, 0.2) is 0 Å². The molecular weight excluding hydrogens is 263 g/mol. The van der Waals surface area contributed by atoms with Crippen molar-refractivity contribution in [3.05, 3.63) is 34.6 Å². The molecule has 1 aromatic rings. The van der Waals surface area contributed by atoms with E-state index in [0.29, 0.717) is 22.9 Å². The van der Waals surface area contributed by atoms with Crippen LogP contribution in [0.5, 0.6) is 0 Å². The SMILES string of the molecule is OC(Cc1cc(Cl)ccc1F)C1C2C3CCC(C3)C12. The van der Waals surface area contributed by atoms with E-state index in [4.69, 9.17) is 11.6 Å². The maximum absolute atomic E-state index is 13.7. The van der Waals surface area contributed by atoms with Crippen molar-refractivity contribution in [1.82, 2.24) is 0 Å². The smallest absolute Gasteiger partial charge is 0.126 e. The van der Waals surface area contributed by atoms with Crippen molar-refractivity contribution in [2.75, 3.05) is 0 Å². The van der Waals surface area contributed by atoms with E-state index in [2.05, 4.69) is 0 Å². The molecule has 102 valence electrons. The van der Waals surface area contributed by atoms with E-state index < -0.39 is 6.10 Å². The monoisotopic (exact) mass is 280 g/mol. The van der Waals surface area contributed by atoms with E-state index >= 15 is 0 Å². The van der Waals surface area contributed by atoms with E-state index in [-0.39, 0.29) is 5.82 Å². The van der Waals surface area contributed by atoms with E-state index in [1.807, 2.05) is 0 Å². The van der Waals surface area contributed by atoms with Gasteiger partial charge >= 0.3 is 0 Å². The second-order valence-electron chi connectivity index (χ2n) is 6.57. The normalized spacial score (nSPS) is 40.3. The number of benzene rings is 1. The highest BCUT2D eigenvalue weighted by molar-refractivity contribution is 6.30. The third-order valence-electron chi connectivity index (χ3n) is 5.68. The molecule has 1 N–H and O–H groups in total. The first-order chi connectivity index (χ1) is 9.15. The Morgan fingerprint density at radius 3 is 2.63 bits per heavy atom. The van der Waals surface area contributed by atoms with E-state index in [1.165, 1.54) is 25.3 Å². The van der Waals surface area contributed by atoms with Gasteiger partial charge in [-0.1, -0.05) is 11.6 Å². The molecule has 1 aromatic carbocycles. The minimum absolute atomic E-state index is 0.253. The number of halogens is 2. The van der Waals surface area contributed by atoms with Crippen LogP contribution in [0, 0.1) is 35.4 Å². The first-order valence-electron chi connectivity index (χ1n) is 7.27. The van der Waals surface area contributed by atoms with Gasteiger partial charge in [-0.3, -0.25) is 0 Å². The molecule has 3 aliphatic rings. The minimum atomic E-state index is -0.397. The van der Waals surface area contributed by atoms with Gasteiger partial charge in [0.05, 0.1) is 6.10 Å². The molecule has 0 saturated heterocycles. The molecule has 0 heterocycles. The van der Waals surface area contributed by atoms with Crippen LogP contribution in [0.3, 0.4) is 0 Å². The maximum atomic E-state index is 13.7. The molecule has 0 spiro atoms. The molecule has 5 unspecified atom stereocenters. The van der Waals surface area contributed by atoms with E-state index in [0.717, 1.165) is 23.7 Å². The van der Waals surface area contributed by atoms with Gasteiger partial charge in [0.25, 0.3) is 0 Å². The highest BCUT2D eigenvalue weighted by atomic mass is 35.5. The lowest BCUT2D eigenvalue weighted by atomic mass is 9.95. The molecule has 0 aliphatic heterocycles. The molecule has 19 heavy (non-hydrogen) atoms. The van der Waals surface area contributed by atoms with Crippen molar-refractivity contribution in [3.63, 3.8) is 0 Å². The van der Waals surface area contributed by atoms with Gasteiger partial charge in [-0.2, -0.15) is 0 Å². The molecule has 3 saturated carbocycles. The molecule has 2 bridgehead atoms. The summed E-state index contributed by atoms with van der Waals surface area (Å²) in [6.45, 7) is 0. The Bertz CT molecular complexity index is 501. The fourth-order valence-electron chi connectivity index (χ4n) is 4.97. The number of hydrogen-bond donors (Lipinski definition) is 1. The summed E-state index contributed by atoms with van der Waals surface area (Å²) in [5, 5.41) is 11.0. The quantitative estimate of drug-likeness (QED) is 0.896. The fraction of sp³-hybridized carbons (Fsp3) is 0.625. The number of hydrogen-bond acceptors (Lipinski definition) is 1. The zero-order valence-corrected chi connectivity index (χ0v) is 11.5. The van der Waals surface area contributed by atoms with Crippen LogP contribution in [0.1, 0.15) is 24.8 Å². The van der Waals surface area contributed by atoms with Crippen molar-refractivity contribution in [3.8, 4) is 0 Å². The average Bonchev–Trinajstić information content (AvgIpc) is 2.83. The molecule has 3 fully saturated rings. The molecule has 1 nitrogen and oxygen atoms in total. The zero-order valence-electron chi connectivity index (χ0n) is 10.7. The van der Waals surface area contributed by atoms with Crippen LogP contribution in [0.2, 0.25) is 5.02 Å². The molecule has 3 aliphatic carbocycles. The first kappa shape index (κ1) is 12.2. The van der Waals surface area contributed by atoms with Gasteiger partial charge < -0.3 is 5.11 Å². The lowest BCUT2D eigenvalue weighted by molar-refractivity contribution is 0.128. The summed E-state index contributed by atoms with van der Waals surface area (Å²) >= 11 is 5.90. The van der Waals surface area contributed by atoms with E-state index in [1.54, 1.807) is 12.1 Å². The second-order valence-corrected chi connectivity index (χ2v) is 7.01. The summed E-state index contributed by atoms with van der Waals surface area (Å²) in [5.41, 5.74) is 0.553. The molecule has 0 aromatic heterocycles. The largest absolute Gasteiger partial charge is 0.392 e. The van der Waals surface area contributed by atoms with Gasteiger partial charge in [0.2, 0.25) is 0 Å². The Morgan fingerprint density at radius 1 is 1.26 bits per heavy atom. The summed E-state index contributed by atoms with van der Waals surface area (Å²) in [5.74, 6) is 3.33. The average molecular weight is 281 g/mol. The Hall–Kier alpha value is -0.600. The molecule has 3 heteroatoms. The van der Waals surface area contributed by atoms with Crippen molar-refractivity contribution >= 4 is 11.6 Å². The zero-order chi connectivity index (χ0) is 13.1. The Morgan fingerprint density at radius 2 is 1.95 bits per heavy atom. The topological polar surface area (TPSA) is 20.2 Å². The number of aliphatic hydroxyl groups excluding tert-OH is 1. The fourth-order valence-corrected chi connectivity index (χ4v) is 5.16. The Labute approximate surface area is 117 Å². The van der Waals surface area contributed by atoms with Gasteiger partial charge in [-0.15, -0.1) is 0 Å². The first-order valence-corrected chi connectivity index (χ1v) is 7.65. The predicted octanol–water partition coefficient (Wildman–Crippen LogP) is 3.67. The number of rotatable bonds is 3. The van der Waals surface area contributed by atoms with Gasteiger partial charge in [0, 0.05) is 11.4 Å². The molecule has 0 radical (unpaired) electrons. The number of fused-ring (bicyclic) bond motifs is 5. The molecular formula is C16H18ClFO. The maximum Gasteiger partial charge on any atom is 0.126 e. The third-order valence-corrected chi connectivity index (χ3v) is 5.91. The minimum Gasteiger partial charge on any atom is -0.392 e. The number of aliphatic hydroxyl groups is 1. The van der Waals surface area contributed by atoms with Crippen LogP contribution < -0.4 is 0 Å². The Kier molecular flexibility index (Phi) is 2.69. The second kappa shape index (κ2) is 4.20. The van der Waals surface area contributed by atoms with Gasteiger partial charge in [-0.25, -0.2) is 4.39 Å².